The smallest absolute Gasteiger partial charge is 0.153 e. The van der Waals surface area contributed by atoms with E-state index in [2.05, 4.69) is 41.8 Å². The van der Waals surface area contributed by atoms with Crippen molar-refractivity contribution in [3.05, 3.63) is 93.9 Å². The molecule has 0 saturated heterocycles. The number of nitrogens with zero attached hydrogens (tertiary/aromatic N) is 4. The summed E-state index contributed by atoms with van der Waals surface area (Å²) in [5.74, 6) is -1.08. The number of benzene rings is 2. The lowest BCUT2D eigenvalue weighted by atomic mass is 9.91. The first-order chi connectivity index (χ1) is 15.5. The molecule has 2 heterocycles. The molecular formula is C23H18Br2Cl2N4O. The third kappa shape index (κ3) is 5.01. The van der Waals surface area contributed by atoms with Crippen molar-refractivity contribution in [3.8, 4) is 11.4 Å². The minimum absolute atomic E-state index is 0.103. The van der Waals surface area contributed by atoms with Crippen molar-refractivity contribution in [1.29, 1.82) is 0 Å². The molecule has 2 aromatic carbocycles. The molecule has 4 aromatic rings. The topological polar surface area (TPSA) is 52.7 Å². The molecule has 9 heteroatoms. The van der Waals surface area contributed by atoms with Crippen LogP contribution >= 0.6 is 55.1 Å². The van der Waals surface area contributed by atoms with Gasteiger partial charge in [-0.15, -0.1) is 23.2 Å². The van der Waals surface area contributed by atoms with Gasteiger partial charge in [0, 0.05) is 44.5 Å². The molecule has 2 unspecified atom stereocenters. The van der Waals surface area contributed by atoms with E-state index in [1.165, 1.54) is 0 Å². The maximum absolute atomic E-state index is 13.4. The summed E-state index contributed by atoms with van der Waals surface area (Å²) >= 11 is 19.4. The number of ketones is 1. The molecule has 0 N–H and O–H groups in total. The zero-order valence-electron chi connectivity index (χ0n) is 16.7. The second kappa shape index (κ2) is 10.3. The van der Waals surface area contributed by atoms with E-state index in [1.807, 2.05) is 70.1 Å². The normalized spacial score (nSPS) is 13.1. The molecule has 0 aliphatic rings. The number of halogens is 4. The molecule has 0 fully saturated rings. The Balaban J connectivity index is 1.59. The van der Waals surface area contributed by atoms with Crippen LogP contribution in [0.15, 0.2) is 82.5 Å². The van der Waals surface area contributed by atoms with Gasteiger partial charge in [0.05, 0.1) is 35.9 Å². The third-order valence-electron chi connectivity index (χ3n) is 5.13. The third-order valence-corrected chi connectivity index (χ3v) is 6.73. The Labute approximate surface area is 212 Å². The zero-order valence-corrected chi connectivity index (χ0v) is 21.4. The van der Waals surface area contributed by atoms with E-state index in [9.17, 15) is 4.79 Å². The van der Waals surface area contributed by atoms with Crippen LogP contribution in [0, 0.1) is 0 Å². The van der Waals surface area contributed by atoms with Gasteiger partial charge in [-0.05, 0) is 36.4 Å². The Bertz CT molecular complexity index is 1150. The first kappa shape index (κ1) is 23.2. The van der Waals surface area contributed by atoms with Crippen LogP contribution in [-0.4, -0.2) is 36.6 Å². The summed E-state index contributed by atoms with van der Waals surface area (Å²) < 4.78 is 5.65. The van der Waals surface area contributed by atoms with E-state index in [-0.39, 0.29) is 17.5 Å². The van der Waals surface area contributed by atoms with Crippen LogP contribution in [0.25, 0.3) is 11.4 Å². The lowest BCUT2D eigenvalue weighted by Gasteiger charge is -2.16. The fourth-order valence-electron chi connectivity index (χ4n) is 3.44. The van der Waals surface area contributed by atoms with Crippen LogP contribution < -0.4 is 0 Å². The standard InChI is InChI=1S/C23H18Br2Cl2N4O/c24-15-3-1-5-17(7-15)30-11-21(28-13-30)19(9-26)23(32)20(10-27)22-12-31(14-29-22)18-6-2-4-16(25)8-18/h1-8,11-14,19-20H,9-10H2. The molecule has 0 aliphatic heterocycles. The highest BCUT2D eigenvalue weighted by molar-refractivity contribution is 9.10. The minimum Gasteiger partial charge on any atom is -0.306 e. The first-order valence-corrected chi connectivity index (χ1v) is 12.4. The van der Waals surface area contributed by atoms with E-state index < -0.39 is 11.8 Å². The maximum atomic E-state index is 13.4. The highest BCUT2D eigenvalue weighted by Crippen LogP contribution is 2.29. The predicted octanol–water partition coefficient (Wildman–Crippen LogP) is 6.50. The number of hydrogen-bond acceptors (Lipinski definition) is 3. The summed E-state index contributed by atoms with van der Waals surface area (Å²) in [6, 6.07) is 15.6. The Hall–Kier alpha value is -1.93. The lowest BCUT2D eigenvalue weighted by Crippen LogP contribution is -2.24. The maximum Gasteiger partial charge on any atom is 0.153 e. The fraction of sp³-hybridized carbons (Fsp3) is 0.174. The quantitative estimate of drug-likeness (QED) is 0.218. The largest absolute Gasteiger partial charge is 0.306 e. The number of rotatable bonds is 8. The van der Waals surface area contributed by atoms with Gasteiger partial charge >= 0.3 is 0 Å². The van der Waals surface area contributed by atoms with Gasteiger partial charge in [-0.3, -0.25) is 4.79 Å². The molecule has 0 spiro atoms. The molecule has 164 valence electrons. The fourth-order valence-corrected chi connectivity index (χ4v) is 4.83. The van der Waals surface area contributed by atoms with Gasteiger partial charge < -0.3 is 9.13 Å². The molecule has 2 atom stereocenters. The number of hydrogen-bond donors (Lipinski definition) is 0. The van der Waals surface area contributed by atoms with E-state index in [4.69, 9.17) is 23.2 Å². The Morgan fingerprint density at radius 3 is 1.62 bits per heavy atom. The van der Waals surface area contributed by atoms with E-state index in [1.54, 1.807) is 12.7 Å². The van der Waals surface area contributed by atoms with E-state index >= 15 is 0 Å². The molecule has 4 rings (SSSR count). The first-order valence-electron chi connectivity index (χ1n) is 9.75. The SMILES string of the molecule is O=C(C(CCl)c1cn(-c2cccc(Br)c2)cn1)C(CCl)c1cn(-c2cccc(Br)c2)cn1. The lowest BCUT2D eigenvalue weighted by molar-refractivity contribution is -0.121. The summed E-state index contributed by atoms with van der Waals surface area (Å²) in [4.78, 5) is 22.3. The summed E-state index contributed by atoms with van der Waals surface area (Å²) in [6.07, 6.45) is 7.03. The molecular weight excluding hydrogens is 579 g/mol. The van der Waals surface area contributed by atoms with E-state index in [0.29, 0.717) is 11.4 Å². The number of carbonyl (C=O) groups excluding carboxylic acids is 1. The second-order valence-electron chi connectivity index (χ2n) is 7.19. The molecule has 0 bridgehead atoms. The van der Waals surface area contributed by atoms with Gasteiger partial charge in [0.1, 0.15) is 0 Å². The number of imidazole rings is 2. The number of alkyl halides is 2. The highest BCUT2D eigenvalue weighted by Gasteiger charge is 2.31. The molecule has 0 amide bonds. The van der Waals surface area contributed by atoms with Crippen LogP contribution in [0.3, 0.4) is 0 Å². The summed E-state index contributed by atoms with van der Waals surface area (Å²) in [7, 11) is 0. The van der Waals surface area contributed by atoms with Crippen molar-refractivity contribution in [2.45, 2.75) is 11.8 Å². The van der Waals surface area contributed by atoms with Crippen LogP contribution in [0.4, 0.5) is 0 Å². The number of carbonyl (C=O) groups is 1. The van der Waals surface area contributed by atoms with Crippen molar-refractivity contribution in [2.75, 3.05) is 11.8 Å². The van der Waals surface area contributed by atoms with Gasteiger partial charge in [-0.25, -0.2) is 9.97 Å². The van der Waals surface area contributed by atoms with Gasteiger partial charge in [0.2, 0.25) is 0 Å². The molecule has 2 aromatic heterocycles. The number of Topliss-reactive ketones (excluding diaryl/α,β-unsaturated/α-hetero) is 1. The summed E-state index contributed by atoms with van der Waals surface area (Å²) in [5.41, 5.74) is 3.07. The summed E-state index contributed by atoms with van der Waals surface area (Å²) in [6.45, 7) is 0. The van der Waals surface area contributed by atoms with Crippen LogP contribution in [0.1, 0.15) is 23.2 Å². The van der Waals surface area contributed by atoms with Crippen molar-refractivity contribution in [3.63, 3.8) is 0 Å². The second-order valence-corrected chi connectivity index (χ2v) is 9.64. The Morgan fingerprint density at radius 2 is 1.25 bits per heavy atom. The predicted molar refractivity (Wildman–Crippen MR) is 134 cm³/mol. The highest BCUT2D eigenvalue weighted by atomic mass is 79.9. The molecule has 5 nitrogen and oxygen atoms in total. The van der Waals surface area contributed by atoms with Gasteiger partial charge in [0.15, 0.2) is 5.78 Å². The monoisotopic (exact) mass is 594 g/mol. The summed E-state index contributed by atoms with van der Waals surface area (Å²) in [5, 5.41) is 0. The van der Waals surface area contributed by atoms with Gasteiger partial charge in [0.25, 0.3) is 0 Å². The van der Waals surface area contributed by atoms with E-state index in [0.717, 1.165) is 20.3 Å². The average Bonchev–Trinajstić information content (AvgIpc) is 3.46. The molecule has 32 heavy (non-hydrogen) atoms. The van der Waals surface area contributed by atoms with Crippen molar-refractivity contribution in [1.82, 2.24) is 19.1 Å². The van der Waals surface area contributed by atoms with Crippen LogP contribution in [0.2, 0.25) is 0 Å². The number of aromatic nitrogens is 4. The van der Waals surface area contributed by atoms with Gasteiger partial charge in [-0.1, -0.05) is 44.0 Å². The molecule has 0 saturated carbocycles. The molecule has 0 aliphatic carbocycles. The van der Waals surface area contributed by atoms with Gasteiger partial charge in [-0.2, -0.15) is 0 Å². The average molecular weight is 597 g/mol. The van der Waals surface area contributed by atoms with Crippen LogP contribution in [-0.2, 0) is 4.79 Å². The Morgan fingerprint density at radius 1 is 0.812 bits per heavy atom. The van der Waals surface area contributed by atoms with Crippen molar-refractivity contribution < 1.29 is 4.79 Å². The Kier molecular flexibility index (Phi) is 7.51. The van der Waals surface area contributed by atoms with Crippen LogP contribution in [0.5, 0.6) is 0 Å². The zero-order chi connectivity index (χ0) is 22.7. The molecule has 0 radical (unpaired) electrons. The van der Waals surface area contributed by atoms with Crippen molar-refractivity contribution >= 4 is 60.8 Å². The van der Waals surface area contributed by atoms with Crippen molar-refractivity contribution in [2.24, 2.45) is 0 Å². The minimum atomic E-state index is -0.593.